The van der Waals surface area contributed by atoms with Gasteiger partial charge in [-0.15, -0.1) is 12.4 Å². The van der Waals surface area contributed by atoms with Crippen LogP contribution in [0.15, 0.2) is 48.0 Å². The van der Waals surface area contributed by atoms with Crippen LogP contribution in [0, 0.1) is 11.6 Å². The number of likely N-dealkylation sites (N-methyl/N-ethyl adjacent to an activating group) is 1. The largest absolute Gasteiger partial charge is 0.374 e. The molecule has 0 fully saturated rings. The maximum absolute atomic E-state index is 14.0. The van der Waals surface area contributed by atoms with Crippen molar-refractivity contribution in [3.05, 3.63) is 75.8 Å². The molecule has 226 valence electrons. The van der Waals surface area contributed by atoms with Crippen molar-refractivity contribution in [2.75, 3.05) is 20.2 Å². The first-order chi connectivity index (χ1) is 18.4. The first kappa shape index (κ1) is 34.6. The number of hydrogen-bond donors (Lipinski definition) is 3. The van der Waals surface area contributed by atoms with Gasteiger partial charge in [0.1, 0.15) is 17.7 Å². The average Bonchev–Trinajstić information content (AvgIpc) is 3.02. The van der Waals surface area contributed by atoms with Gasteiger partial charge in [0.2, 0.25) is 21.8 Å². The van der Waals surface area contributed by atoms with E-state index in [9.17, 15) is 26.8 Å². The summed E-state index contributed by atoms with van der Waals surface area (Å²) in [6.45, 7) is 5.40. The molecule has 0 saturated heterocycles. The van der Waals surface area contributed by atoms with Gasteiger partial charge in [0.25, 0.3) is 0 Å². The number of carbonyl (C=O) groups excluding carboxylic acids is 2. The number of sulfonamides is 1. The third-order valence-electron chi connectivity index (χ3n) is 6.30. The van der Waals surface area contributed by atoms with Crippen LogP contribution in [0.4, 0.5) is 8.78 Å². The monoisotopic (exact) mass is 634 g/mol. The molecule has 0 bridgehead atoms. The van der Waals surface area contributed by atoms with Crippen molar-refractivity contribution in [2.24, 2.45) is 5.73 Å². The highest BCUT2D eigenvalue weighted by molar-refractivity contribution is 7.99. The van der Waals surface area contributed by atoms with E-state index >= 15 is 0 Å². The van der Waals surface area contributed by atoms with E-state index in [1.54, 1.807) is 38.1 Å². The molecule has 1 atom stereocenters. The molecule has 1 aliphatic rings. The zero-order valence-corrected chi connectivity index (χ0v) is 25.6. The topological polar surface area (TPSA) is 131 Å². The molecule has 14 heteroatoms. The highest BCUT2D eigenvalue weighted by Gasteiger charge is 2.44. The Balaban J connectivity index is 0.00000588. The summed E-state index contributed by atoms with van der Waals surface area (Å²) in [7, 11) is -2.47. The fourth-order valence-corrected chi connectivity index (χ4v) is 6.25. The standard InChI is InChI=1S/C27H33ClF2N4O5S.ClH/c1-26(2,31)25(36)32-22(15-39-14-17-12-19(29)10-11-21(17)30)24(35)34(5)13-20-23(16-6-8-18(28)9-7-16)40(37,38)33-27(20,3)4;/h6-12,22,33H,13-15,31H2,1-5H3,(H,32,36);1H/t22-;/m1./s1. The molecule has 4 N–H and O–H groups in total. The number of ether oxygens (including phenoxy) is 1. The lowest BCUT2D eigenvalue weighted by Gasteiger charge is -2.30. The zero-order chi connectivity index (χ0) is 30.0. The van der Waals surface area contributed by atoms with Crippen molar-refractivity contribution in [3.63, 3.8) is 0 Å². The van der Waals surface area contributed by atoms with Gasteiger partial charge in [0.15, 0.2) is 0 Å². The summed E-state index contributed by atoms with van der Waals surface area (Å²) >= 11 is 5.98. The number of halogens is 4. The van der Waals surface area contributed by atoms with Crippen molar-refractivity contribution in [1.29, 1.82) is 0 Å². The van der Waals surface area contributed by atoms with E-state index in [-0.39, 0.29) is 42.6 Å². The van der Waals surface area contributed by atoms with E-state index < -0.39 is 50.6 Å². The number of hydrogen-bond acceptors (Lipinski definition) is 6. The fraction of sp³-hybridized carbons (Fsp3) is 0.407. The van der Waals surface area contributed by atoms with Gasteiger partial charge < -0.3 is 20.7 Å². The van der Waals surface area contributed by atoms with E-state index in [2.05, 4.69) is 10.0 Å². The molecule has 1 aliphatic heterocycles. The van der Waals surface area contributed by atoms with Crippen molar-refractivity contribution < 1.29 is 31.5 Å². The van der Waals surface area contributed by atoms with E-state index in [0.717, 1.165) is 18.2 Å². The van der Waals surface area contributed by atoms with Crippen LogP contribution in [0.25, 0.3) is 4.91 Å². The Labute approximate surface area is 249 Å². The maximum atomic E-state index is 14.0. The Morgan fingerprint density at radius 2 is 1.78 bits per heavy atom. The highest BCUT2D eigenvalue weighted by atomic mass is 35.5. The van der Waals surface area contributed by atoms with Crippen LogP contribution in [0.1, 0.15) is 38.8 Å². The molecular formula is C27H34Cl2F2N4O5S. The van der Waals surface area contributed by atoms with Crippen LogP contribution in [-0.4, -0.2) is 62.5 Å². The third kappa shape index (κ3) is 8.46. The Morgan fingerprint density at radius 1 is 1.17 bits per heavy atom. The van der Waals surface area contributed by atoms with Crippen LogP contribution < -0.4 is 15.8 Å². The van der Waals surface area contributed by atoms with Gasteiger partial charge in [0, 0.05) is 24.2 Å². The van der Waals surface area contributed by atoms with E-state index in [4.69, 9.17) is 22.1 Å². The minimum absolute atomic E-state index is 0. The number of rotatable bonds is 10. The molecule has 0 spiro atoms. The Morgan fingerprint density at radius 3 is 2.37 bits per heavy atom. The molecule has 2 amide bonds. The highest BCUT2D eigenvalue weighted by Crippen LogP contribution is 2.38. The van der Waals surface area contributed by atoms with Gasteiger partial charge in [-0.1, -0.05) is 23.7 Å². The minimum atomic E-state index is -3.92. The van der Waals surface area contributed by atoms with Gasteiger partial charge in [-0.2, -0.15) is 0 Å². The lowest BCUT2D eigenvalue weighted by atomic mass is 9.92. The molecule has 1 heterocycles. The SMILES string of the molecule is CN(CC1=C(c2ccc(Cl)cc2)S(=O)(=O)NC1(C)C)C(=O)[C@@H](COCc1cc(F)ccc1F)NC(=O)C(C)(C)N.Cl. The minimum Gasteiger partial charge on any atom is -0.374 e. The van der Waals surface area contributed by atoms with Crippen LogP contribution in [-0.2, 0) is 31.0 Å². The number of carbonyl (C=O) groups is 2. The molecule has 9 nitrogen and oxygen atoms in total. The Hall–Kier alpha value is -2.61. The maximum Gasteiger partial charge on any atom is 0.247 e. The van der Waals surface area contributed by atoms with Gasteiger partial charge in [-0.05, 0) is 69.2 Å². The van der Waals surface area contributed by atoms with Crippen molar-refractivity contribution in [1.82, 2.24) is 14.9 Å². The Kier molecular flexibility index (Phi) is 11.1. The van der Waals surface area contributed by atoms with Crippen LogP contribution in [0.5, 0.6) is 0 Å². The number of nitrogens with two attached hydrogens (primary N) is 1. The average molecular weight is 636 g/mol. The van der Waals surface area contributed by atoms with Gasteiger partial charge >= 0.3 is 0 Å². The lowest BCUT2D eigenvalue weighted by molar-refractivity contribution is -0.138. The molecule has 0 unspecified atom stereocenters. The second-order valence-corrected chi connectivity index (χ2v) is 12.8. The summed E-state index contributed by atoms with van der Waals surface area (Å²) < 4.78 is 61.9. The number of nitrogens with one attached hydrogen (secondary N) is 2. The number of benzene rings is 2. The summed E-state index contributed by atoms with van der Waals surface area (Å²) in [6, 6.07) is 7.92. The zero-order valence-electron chi connectivity index (χ0n) is 23.3. The van der Waals surface area contributed by atoms with Crippen molar-refractivity contribution >= 4 is 50.8 Å². The molecule has 41 heavy (non-hydrogen) atoms. The summed E-state index contributed by atoms with van der Waals surface area (Å²) in [5, 5.41) is 2.98. The van der Waals surface area contributed by atoms with Gasteiger partial charge in [0.05, 0.1) is 29.2 Å². The molecule has 0 aromatic heterocycles. The van der Waals surface area contributed by atoms with Crippen molar-refractivity contribution in [2.45, 2.75) is 51.4 Å². The first-order valence-electron chi connectivity index (χ1n) is 12.3. The molecule has 0 aliphatic carbocycles. The first-order valence-corrected chi connectivity index (χ1v) is 14.2. The molecule has 0 radical (unpaired) electrons. The van der Waals surface area contributed by atoms with E-state index in [1.807, 2.05) is 0 Å². The third-order valence-corrected chi connectivity index (χ3v) is 8.35. The number of nitrogens with zero attached hydrogens (tertiary/aromatic N) is 1. The molecule has 2 aromatic rings. The quantitative estimate of drug-likeness (QED) is 0.367. The predicted molar refractivity (Wildman–Crippen MR) is 156 cm³/mol. The van der Waals surface area contributed by atoms with Crippen LogP contribution in [0.2, 0.25) is 5.02 Å². The summed E-state index contributed by atoms with van der Waals surface area (Å²) in [5.74, 6) is -2.60. The second-order valence-electron chi connectivity index (χ2n) is 10.7. The van der Waals surface area contributed by atoms with E-state index in [0.29, 0.717) is 16.2 Å². The normalized spacial score (nSPS) is 16.6. The smallest absolute Gasteiger partial charge is 0.247 e. The summed E-state index contributed by atoms with van der Waals surface area (Å²) in [5.41, 5.74) is 4.27. The molecule has 0 saturated carbocycles. The van der Waals surface area contributed by atoms with Crippen LogP contribution in [0.3, 0.4) is 0 Å². The van der Waals surface area contributed by atoms with Crippen molar-refractivity contribution in [3.8, 4) is 0 Å². The van der Waals surface area contributed by atoms with Gasteiger partial charge in [-0.3, -0.25) is 9.59 Å². The Bertz CT molecular complexity index is 1430. The fourth-order valence-electron chi connectivity index (χ4n) is 4.14. The van der Waals surface area contributed by atoms with Gasteiger partial charge in [-0.25, -0.2) is 21.9 Å². The second kappa shape index (κ2) is 13.1. The lowest BCUT2D eigenvalue weighted by Crippen LogP contribution is -2.57. The molecule has 3 rings (SSSR count). The summed E-state index contributed by atoms with van der Waals surface area (Å²) in [4.78, 5) is 27.5. The molecule has 2 aromatic carbocycles. The van der Waals surface area contributed by atoms with Crippen LogP contribution >= 0.6 is 24.0 Å². The van der Waals surface area contributed by atoms with E-state index in [1.165, 1.54) is 25.8 Å². The predicted octanol–water partition coefficient (Wildman–Crippen LogP) is 3.36. The summed E-state index contributed by atoms with van der Waals surface area (Å²) in [6.07, 6.45) is 0. The molecular weight excluding hydrogens is 601 g/mol. The number of amides is 2.